The molecule has 1 atom stereocenters. The molecule has 1 aromatic rings. The average molecular weight is 382 g/mol. The molecule has 1 aromatic carbocycles. The molecule has 0 aliphatic carbocycles. The minimum atomic E-state index is -3.63. The van der Waals surface area contributed by atoms with E-state index in [2.05, 4.69) is 0 Å². The topological polar surface area (TPSA) is 84.0 Å². The van der Waals surface area contributed by atoms with Crippen molar-refractivity contribution >= 4 is 27.6 Å². The highest BCUT2D eigenvalue weighted by Crippen LogP contribution is 2.25. The second kappa shape index (κ2) is 8.07. The van der Waals surface area contributed by atoms with Crippen LogP contribution >= 0.6 is 0 Å². The van der Waals surface area contributed by atoms with Gasteiger partial charge in [-0.2, -0.15) is 0 Å². The Morgan fingerprint density at radius 3 is 2.38 bits per heavy atom. The molecule has 0 saturated carbocycles. The first-order chi connectivity index (χ1) is 12.1. The van der Waals surface area contributed by atoms with Crippen molar-refractivity contribution in [3.05, 3.63) is 29.8 Å². The summed E-state index contributed by atoms with van der Waals surface area (Å²) < 4.78 is 30.6. The Kier molecular flexibility index (Phi) is 6.28. The van der Waals surface area contributed by atoms with Gasteiger partial charge in [0.2, 0.25) is 15.9 Å². The standard InChI is InChI=1S/C18H26N2O5S/c1-13-6-5-7-16(12-13)20(26(4,23)24)14(2)17(21)19-10-8-15(9-11-19)18(22)25-3/h5-7,12,14-15H,8-11H2,1-4H3/t14-/m0/s1. The maximum Gasteiger partial charge on any atom is 0.308 e. The molecule has 1 saturated heterocycles. The van der Waals surface area contributed by atoms with E-state index in [-0.39, 0.29) is 17.8 Å². The van der Waals surface area contributed by atoms with E-state index in [9.17, 15) is 18.0 Å². The number of aryl methyl sites for hydroxylation is 1. The number of carbonyl (C=O) groups excluding carboxylic acids is 2. The van der Waals surface area contributed by atoms with E-state index in [0.29, 0.717) is 31.6 Å². The number of benzene rings is 1. The van der Waals surface area contributed by atoms with Gasteiger partial charge < -0.3 is 9.64 Å². The number of ether oxygens (including phenoxy) is 1. The van der Waals surface area contributed by atoms with Crippen LogP contribution in [0.5, 0.6) is 0 Å². The number of methoxy groups -OCH3 is 1. The minimum Gasteiger partial charge on any atom is -0.469 e. The van der Waals surface area contributed by atoms with E-state index in [0.717, 1.165) is 16.1 Å². The lowest BCUT2D eigenvalue weighted by atomic mass is 9.96. The van der Waals surface area contributed by atoms with Crippen LogP contribution in [-0.2, 0) is 24.3 Å². The molecule has 0 aromatic heterocycles. The van der Waals surface area contributed by atoms with Crippen molar-refractivity contribution in [2.75, 3.05) is 30.8 Å². The Bertz CT molecular complexity index is 770. The van der Waals surface area contributed by atoms with E-state index in [1.807, 2.05) is 13.0 Å². The van der Waals surface area contributed by atoms with Crippen molar-refractivity contribution in [1.82, 2.24) is 4.90 Å². The lowest BCUT2D eigenvalue weighted by Crippen LogP contribution is -2.51. The van der Waals surface area contributed by atoms with E-state index < -0.39 is 16.1 Å². The Balaban J connectivity index is 2.18. The Hall–Kier alpha value is -2.09. The second-order valence-electron chi connectivity index (χ2n) is 6.70. The molecule has 0 spiro atoms. The first-order valence-corrected chi connectivity index (χ1v) is 10.4. The molecule has 0 N–H and O–H groups in total. The first kappa shape index (κ1) is 20.2. The number of esters is 1. The average Bonchev–Trinajstić information content (AvgIpc) is 2.59. The number of piperidine rings is 1. The van der Waals surface area contributed by atoms with Crippen LogP contribution in [0.1, 0.15) is 25.3 Å². The number of hydrogen-bond donors (Lipinski definition) is 0. The van der Waals surface area contributed by atoms with Crippen LogP contribution in [0.4, 0.5) is 5.69 Å². The summed E-state index contributed by atoms with van der Waals surface area (Å²) in [6, 6.07) is 6.20. The predicted octanol–water partition coefficient (Wildman–Crippen LogP) is 1.56. The predicted molar refractivity (Wildman–Crippen MR) is 99.3 cm³/mol. The van der Waals surface area contributed by atoms with Crippen molar-refractivity contribution in [3.63, 3.8) is 0 Å². The second-order valence-corrected chi connectivity index (χ2v) is 8.56. The molecule has 8 heteroatoms. The summed E-state index contributed by atoms with van der Waals surface area (Å²) in [5.74, 6) is -0.731. The van der Waals surface area contributed by atoms with Gasteiger partial charge in [0.15, 0.2) is 0 Å². The molecule has 1 amide bonds. The molecule has 1 aliphatic heterocycles. The van der Waals surface area contributed by atoms with Crippen LogP contribution in [0.25, 0.3) is 0 Å². The monoisotopic (exact) mass is 382 g/mol. The third kappa shape index (κ3) is 4.55. The molecule has 26 heavy (non-hydrogen) atoms. The highest BCUT2D eigenvalue weighted by molar-refractivity contribution is 7.92. The maximum atomic E-state index is 12.9. The van der Waals surface area contributed by atoms with Crippen LogP contribution in [0.3, 0.4) is 0 Å². The fraction of sp³-hybridized carbons (Fsp3) is 0.556. The highest BCUT2D eigenvalue weighted by Gasteiger charge is 2.35. The zero-order chi connectivity index (χ0) is 19.5. The highest BCUT2D eigenvalue weighted by atomic mass is 32.2. The summed E-state index contributed by atoms with van der Waals surface area (Å²) >= 11 is 0. The van der Waals surface area contributed by atoms with Gasteiger partial charge in [0.25, 0.3) is 0 Å². The number of likely N-dealkylation sites (tertiary alicyclic amines) is 1. The zero-order valence-electron chi connectivity index (χ0n) is 15.6. The van der Waals surface area contributed by atoms with Crippen molar-refractivity contribution in [1.29, 1.82) is 0 Å². The van der Waals surface area contributed by atoms with Crippen LogP contribution < -0.4 is 4.31 Å². The molecule has 0 radical (unpaired) electrons. The van der Waals surface area contributed by atoms with Crippen LogP contribution in [0.2, 0.25) is 0 Å². The van der Waals surface area contributed by atoms with Gasteiger partial charge in [-0.15, -0.1) is 0 Å². The zero-order valence-corrected chi connectivity index (χ0v) is 16.5. The van der Waals surface area contributed by atoms with E-state index in [4.69, 9.17) is 4.74 Å². The van der Waals surface area contributed by atoms with Crippen molar-refractivity contribution in [2.45, 2.75) is 32.7 Å². The van der Waals surface area contributed by atoms with Gasteiger partial charge in [0.05, 0.1) is 25.0 Å². The van der Waals surface area contributed by atoms with Gasteiger partial charge in [-0.3, -0.25) is 13.9 Å². The van der Waals surface area contributed by atoms with Gasteiger partial charge in [-0.1, -0.05) is 12.1 Å². The Labute approximate surface area is 155 Å². The van der Waals surface area contributed by atoms with Gasteiger partial charge >= 0.3 is 5.97 Å². The summed E-state index contributed by atoms with van der Waals surface area (Å²) in [5.41, 5.74) is 1.38. The molecule has 1 aliphatic rings. The van der Waals surface area contributed by atoms with Crippen LogP contribution in [0, 0.1) is 12.8 Å². The normalized spacial score (nSPS) is 16.8. The summed E-state index contributed by atoms with van der Waals surface area (Å²) in [4.78, 5) is 26.1. The lowest BCUT2D eigenvalue weighted by Gasteiger charge is -2.36. The number of rotatable bonds is 5. The third-order valence-corrected chi connectivity index (χ3v) is 5.91. The van der Waals surface area contributed by atoms with Gasteiger partial charge in [0, 0.05) is 13.1 Å². The van der Waals surface area contributed by atoms with Crippen LogP contribution in [0.15, 0.2) is 24.3 Å². The molecule has 1 fully saturated rings. The third-order valence-electron chi connectivity index (χ3n) is 4.66. The number of nitrogens with zero attached hydrogens (tertiary/aromatic N) is 2. The summed E-state index contributed by atoms with van der Waals surface area (Å²) in [6.45, 7) is 4.29. The van der Waals surface area contributed by atoms with Crippen LogP contribution in [-0.4, -0.2) is 57.7 Å². The number of anilines is 1. The summed E-state index contributed by atoms with van der Waals surface area (Å²) in [5, 5.41) is 0. The van der Waals surface area contributed by atoms with E-state index in [1.165, 1.54) is 7.11 Å². The molecule has 2 rings (SSSR count). The van der Waals surface area contributed by atoms with E-state index in [1.54, 1.807) is 30.0 Å². The molecule has 0 bridgehead atoms. The van der Waals surface area contributed by atoms with Crippen molar-refractivity contribution < 1.29 is 22.7 Å². The van der Waals surface area contributed by atoms with Gasteiger partial charge in [-0.05, 0) is 44.4 Å². The smallest absolute Gasteiger partial charge is 0.308 e. The molecule has 0 unspecified atom stereocenters. The lowest BCUT2D eigenvalue weighted by molar-refractivity contribution is -0.149. The molecule has 144 valence electrons. The summed E-state index contributed by atoms with van der Waals surface area (Å²) in [7, 11) is -2.28. The fourth-order valence-corrected chi connectivity index (χ4v) is 4.50. The molecule has 1 heterocycles. The number of carbonyl (C=O) groups is 2. The fourth-order valence-electron chi connectivity index (χ4n) is 3.33. The SMILES string of the molecule is COC(=O)C1CCN(C(=O)[C@H](C)N(c2cccc(C)c2)S(C)(=O)=O)CC1. The van der Waals surface area contributed by atoms with E-state index >= 15 is 0 Å². The molecule has 7 nitrogen and oxygen atoms in total. The largest absolute Gasteiger partial charge is 0.469 e. The van der Waals surface area contributed by atoms with Gasteiger partial charge in [-0.25, -0.2) is 8.42 Å². The maximum absolute atomic E-state index is 12.9. The Morgan fingerprint density at radius 2 is 1.88 bits per heavy atom. The summed E-state index contributed by atoms with van der Waals surface area (Å²) in [6.07, 6.45) is 2.14. The Morgan fingerprint density at radius 1 is 1.27 bits per heavy atom. The van der Waals surface area contributed by atoms with Crippen molar-refractivity contribution in [3.8, 4) is 0 Å². The van der Waals surface area contributed by atoms with Crippen molar-refractivity contribution in [2.24, 2.45) is 5.92 Å². The quantitative estimate of drug-likeness (QED) is 0.722. The first-order valence-electron chi connectivity index (χ1n) is 8.58. The number of hydrogen-bond acceptors (Lipinski definition) is 5. The molecular weight excluding hydrogens is 356 g/mol. The minimum absolute atomic E-state index is 0.206. The number of sulfonamides is 1. The molecular formula is C18H26N2O5S. The number of amides is 1. The van der Waals surface area contributed by atoms with Gasteiger partial charge in [0.1, 0.15) is 6.04 Å².